The summed E-state index contributed by atoms with van der Waals surface area (Å²) in [6.07, 6.45) is 2.27. The topological polar surface area (TPSA) is 84.9 Å². The van der Waals surface area contributed by atoms with Crippen LogP contribution in [-0.4, -0.2) is 47.7 Å². The molecule has 0 aliphatic carbocycles. The molecule has 2 saturated heterocycles. The standard InChI is InChI=1S/C24H30N2O5/c1-13-7-8-16(14(2)11-13)26-12-24-10-9-17(31-24)18(19(24)21(26)28)22(29)30-15(3)20(27)25-23(4,5)6/h7-11,15,17-19H,12H2,1-6H3,(H,25,27)/t15-,17+,18-,19-,24+/m0/s1. The van der Waals surface area contributed by atoms with E-state index >= 15 is 0 Å². The van der Waals surface area contributed by atoms with Crippen LogP contribution in [0.4, 0.5) is 5.69 Å². The highest BCUT2D eigenvalue weighted by molar-refractivity contribution is 6.03. The van der Waals surface area contributed by atoms with Gasteiger partial charge in [0.15, 0.2) is 6.10 Å². The lowest BCUT2D eigenvalue weighted by atomic mass is 9.77. The first-order valence-corrected chi connectivity index (χ1v) is 10.7. The third-order valence-electron chi connectivity index (χ3n) is 6.18. The fourth-order valence-electron chi connectivity index (χ4n) is 4.86. The number of hydrogen-bond acceptors (Lipinski definition) is 5. The second-order valence-electron chi connectivity index (χ2n) is 9.93. The maximum atomic E-state index is 13.5. The third-order valence-corrected chi connectivity index (χ3v) is 6.18. The number of rotatable bonds is 4. The second kappa shape index (κ2) is 7.19. The molecule has 2 amide bonds. The Labute approximate surface area is 182 Å². The monoisotopic (exact) mass is 426 g/mol. The molecule has 1 aromatic carbocycles. The maximum absolute atomic E-state index is 13.5. The zero-order chi connectivity index (χ0) is 22.7. The normalized spacial score (nSPS) is 29.8. The van der Waals surface area contributed by atoms with Crippen LogP contribution >= 0.6 is 0 Å². The van der Waals surface area contributed by atoms with Crippen LogP contribution in [0.15, 0.2) is 30.4 Å². The molecular formula is C24H30N2O5. The van der Waals surface area contributed by atoms with Crippen molar-refractivity contribution in [1.82, 2.24) is 5.32 Å². The van der Waals surface area contributed by atoms with Gasteiger partial charge in [0, 0.05) is 11.2 Å². The number of ether oxygens (including phenoxy) is 2. The third kappa shape index (κ3) is 3.65. The summed E-state index contributed by atoms with van der Waals surface area (Å²) in [7, 11) is 0. The summed E-state index contributed by atoms with van der Waals surface area (Å²) in [4.78, 5) is 40.6. The van der Waals surface area contributed by atoms with E-state index in [0.717, 1.165) is 16.8 Å². The summed E-state index contributed by atoms with van der Waals surface area (Å²) in [6.45, 7) is 11.4. The molecule has 0 radical (unpaired) electrons. The average Bonchev–Trinajstić information content (AvgIpc) is 3.28. The van der Waals surface area contributed by atoms with E-state index in [1.54, 1.807) is 4.90 Å². The van der Waals surface area contributed by atoms with Crippen LogP contribution < -0.4 is 10.2 Å². The summed E-state index contributed by atoms with van der Waals surface area (Å²) in [5.74, 6) is -2.52. The number of aryl methyl sites for hydroxylation is 2. The van der Waals surface area contributed by atoms with Crippen LogP contribution in [0.5, 0.6) is 0 Å². The minimum Gasteiger partial charge on any atom is -0.452 e. The minimum atomic E-state index is -0.960. The highest BCUT2D eigenvalue weighted by Gasteiger charge is 2.67. The van der Waals surface area contributed by atoms with Gasteiger partial charge < -0.3 is 19.7 Å². The molecular weight excluding hydrogens is 396 g/mol. The van der Waals surface area contributed by atoms with Crippen LogP contribution in [0.3, 0.4) is 0 Å². The number of hydrogen-bond donors (Lipinski definition) is 1. The van der Waals surface area contributed by atoms with Crippen LogP contribution in [0.2, 0.25) is 0 Å². The second-order valence-corrected chi connectivity index (χ2v) is 9.93. The van der Waals surface area contributed by atoms with Gasteiger partial charge in [0.05, 0.1) is 18.6 Å². The number of amides is 2. The van der Waals surface area contributed by atoms with E-state index in [9.17, 15) is 14.4 Å². The van der Waals surface area contributed by atoms with Crippen LogP contribution in [0, 0.1) is 25.7 Å². The van der Waals surface area contributed by atoms with E-state index < -0.39 is 41.2 Å². The molecule has 2 bridgehead atoms. The predicted octanol–water partition coefficient (Wildman–Crippen LogP) is 2.44. The van der Waals surface area contributed by atoms with Crippen molar-refractivity contribution in [2.45, 2.75) is 64.9 Å². The Hall–Kier alpha value is -2.67. The molecule has 7 heteroatoms. The van der Waals surface area contributed by atoms with Crippen LogP contribution in [0.1, 0.15) is 38.8 Å². The molecule has 1 aromatic rings. The molecule has 1 N–H and O–H groups in total. The van der Waals surface area contributed by atoms with Gasteiger partial charge in [-0.2, -0.15) is 0 Å². The summed E-state index contributed by atoms with van der Waals surface area (Å²) in [5.41, 5.74) is 1.67. The zero-order valence-electron chi connectivity index (χ0n) is 18.9. The average molecular weight is 427 g/mol. The predicted molar refractivity (Wildman–Crippen MR) is 115 cm³/mol. The van der Waals surface area contributed by atoms with Gasteiger partial charge in [-0.3, -0.25) is 14.4 Å². The van der Waals surface area contributed by atoms with Gasteiger partial charge in [-0.15, -0.1) is 0 Å². The molecule has 1 spiro atoms. The number of fused-ring (bicyclic) bond motifs is 1. The molecule has 3 aliphatic rings. The van der Waals surface area contributed by atoms with Gasteiger partial charge in [-0.25, -0.2) is 0 Å². The van der Waals surface area contributed by atoms with E-state index in [2.05, 4.69) is 5.32 Å². The number of nitrogens with zero attached hydrogens (tertiary/aromatic N) is 1. The number of carbonyl (C=O) groups excluding carboxylic acids is 3. The Balaban J connectivity index is 1.55. The number of esters is 1. The first-order valence-electron chi connectivity index (χ1n) is 10.7. The number of anilines is 1. The Morgan fingerprint density at radius 1 is 1.29 bits per heavy atom. The summed E-state index contributed by atoms with van der Waals surface area (Å²) >= 11 is 0. The molecule has 4 rings (SSSR count). The van der Waals surface area contributed by atoms with E-state index in [1.165, 1.54) is 6.92 Å². The number of carbonyl (C=O) groups is 3. The summed E-state index contributed by atoms with van der Waals surface area (Å²) < 4.78 is 11.6. The van der Waals surface area contributed by atoms with Crippen LogP contribution in [0.25, 0.3) is 0 Å². The quantitative estimate of drug-likeness (QED) is 0.591. The lowest BCUT2D eigenvalue weighted by Crippen LogP contribution is -2.47. The molecule has 7 nitrogen and oxygen atoms in total. The fraction of sp³-hybridized carbons (Fsp3) is 0.542. The van der Waals surface area contributed by atoms with Crippen molar-refractivity contribution >= 4 is 23.5 Å². The lowest BCUT2D eigenvalue weighted by molar-refractivity contribution is -0.161. The first-order chi connectivity index (χ1) is 14.4. The van der Waals surface area contributed by atoms with E-state index in [4.69, 9.17) is 9.47 Å². The summed E-state index contributed by atoms with van der Waals surface area (Å²) in [5, 5.41) is 2.81. The molecule has 0 unspecified atom stereocenters. The van der Waals surface area contributed by atoms with Crippen LogP contribution in [-0.2, 0) is 23.9 Å². The Morgan fingerprint density at radius 3 is 2.65 bits per heavy atom. The van der Waals surface area contributed by atoms with E-state index in [0.29, 0.717) is 6.54 Å². The molecule has 0 saturated carbocycles. The smallest absolute Gasteiger partial charge is 0.313 e. The Bertz CT molecular complexity index is 979. The Kier molecular flexibility index (Phi) is 5.00. The van der Waals surface area contributed by atoms with Crippen molar-refractivity contribution in [3.8, 4) is 0 Å². The van der Waals surface area contributed by atoms with Gasteiger partial charge in [-0.1, -0.05) is 29.8 Å². The van der Waals surface area contributed by atoms with Crippen molar-refractivity contribution in [2.75, 3.05) is 11.4 Å². The SMILES string of the molecule is Cc1ccc(N2C[C@@]34C=C[C@@H](O3)[C@H](C(=O)O[C@@H](C)C(=O)NC(C)(C)C)[C@H]4C2=O)c(C)c1. The zero-order valence-corrected chi connectivity index (χ0v) is 18.9. The first kappa shape index (κ1) is 21.6. The number of nitrogens with one attached hydrogen (secondary N) is 1. The molecule has 3 heterocycles. The van der Waals surface area contributed by atoms with Crippen molar-refractivity contribution in [3.63, 3.8) is 0 Å². The molecule has 5 atom stereocenters. The van der Waals surface area contributed by atoms with E-state index in [1.807, 2.05) is 65.0 Å². The maximum Gasteiger partial charge on any atom is 0.313 e. The minimum absolute atomic E-state index is 0.146. The lowest BCUT2D eigenvalue weighted by Gasteiger charge is -2.26. The van der Waals surface area contributed by atoms with Crippen molar-refractivity contribution in [2.24, 2.45) is 11.8 Å². The number of benzene rings is 1. The van der Waals surface area contributed by atoms with Crippen molar-refractivity contribution in [3.05, 3.63) is 41.5 Å². The van der Waals surface area contributed by atoms with Crippen molar-refractivity contribution < 1.29 is 23.9 Å². The van der Waals surface area contributed by atoms with Gasteiger partial charge in [0.1, 0.15) is 11.5 Å². The Morgan fingerprint density at radius 2 is 2.00 bits per heavy atom. The molecule has 2 fully saturated rings. The molecule has 3 aliphatic heterocycles. The van der Waals surface area contributed by atoms with Gasteiger partial charge in [0.25, 0.3) is 5.91 Å². The van der Waals surface area contributed by atoms with E-state index in [-0.39, 0.29) is 11.8 Å². The highest BCUT2D eigenvalue weighted by Crippen LogP contribution is 2.53. The molecule has 31 heavy (non-hydrogen) atoms. The highest BCUT2D eigenvalue weighted by atomic mass is 16.6. The van der Waals surface area contributed by atoms with Gasteiger partial charge in [-0.05, 0) is 53.2 Å². The van der Waals surface area contributed by atoms with Crippen molar-refractivity contribution in [1.29, 1.82) is 0 Å². The largest absolute Gasteiger partial charge is 0.452 e. The molecule has 0 aromatic heterocycles. The molecule has 166 valence electrons. The summed E-state index contributed by atoms with van der Waals surface area (Å²) in [6, 6.07) is 5.93. The fourth-order valence-corrected chi connectivity index (χ4v) is 4.86. The van der Waals surface area contributed by atoms with Gasteiger partial charge >= 0.3 is 5.97 Å². The van der Waals surface area contributed by atoms with Gasteiger partial charge in [0.2, 0.25) is 5.91 Å².